The topological polar surface area (TPSA) is 146 Å². The zero-order valence-corrected chi connectivity index (χ0v) is 41.0. The van der Waals surface area contributed by atoms with E-state index in [4.69, 9.17) is 23.6 Å². The molecule has 61 heavy (non-hydrogen) atoms. The zero-order chi connectivity index (χ0) is 45.1. The fourth-order valence-electron chi connectivity index (χ4n) is 7.62. The molecule has 0 aliphatic carbocycles. The SMILES string of the molecule is CCCCCCCCCCCCCCCCCC(=O)OC[C@H](COP(=O)(O)OCC[N+](C)(C)CCCCCC(=O)O)OC(=O)CCCCCCCCCCCCCCCCC. The van der Waals surface area contributed by atoms with Crippen molar-refractivity contribution in [2.75, 3.05) is 47.0 Å². The van der Waals surface area contributed by atoms with Crippen molar-refractivity contribution in [1.82, 2.24) is 0 Å². The van der Waals surface area contributed by atoms with Gasteiger partial charge in [-0.25, -0.2) is 4.57 Å². The highest BCUT2D eigenvalue weighted by molar-refractivity contribution is 7.47. The van der Waals surface area contributed by atoms with Gasteiger partial charge in [-0.3, -0.25) is 23.4 Å². The molecule has 0 aromatic rings. The van der Waals surface area contributed by atoms with E-state index in [-0.39, 0.29) is 38.4 Å². The Balaban J connectivity index is 4.56. The molecule has 2 atom stereocenters. The summed E-state index contributed by atoms with van der Waals surface area (Å²) in [5.41, 5.74) is 0. The zero-order valence-electron chi connectivity index (χ0n) is 40.1. The van der Waals surface area contributed by atoms with Gasteiger partial charge in [0.05, 0.1) is 27.2 Å². The molecule has 0 amide bonds. The largest absolute Gasteiger partial charge is 0.481 e. The second-order valence-corrected chi connectivity index (χ2v) is 19.8. The molecule has 0 fully saturated rings. The number of phosphoric acid groups is 1. The van der Waals surface area contributed by atoms with Crippen molar-refractivity contribution in [3.63, 3.8) is 0 Å². The number of carboxylic acid groups (broad SMARTS) is 1. The highest BCUT2D eigenvalue weighted by atomic mass is 31.2. The first-order valence-electron chi connectivity index (χ1n) is 25.4. The summed E-state index contributed by atoms with van der Waals surface area (Å²) in [6.45, 7) is 5.00. The molecule has 0 spiro atoms. The second-order valence-electron chi connectivity index (χ2n) is 18.4. The minimum Gasteiger partial charge on any atom is -0.481 e. The fourth-order valence-corrected chi connectivity index (χ4v) is 8.36. The number of likely N-dealkylation sites (N-methyl/N-ethyl adjacent to an activating group) is 1. The first-order chi connectivity index (χ1) is 29.4. The lowest BCUT2D eigenvalue weighted by atomic mass is 10.0. The number of hydrogen-bond donors (Lipinski definition) is 2. The van der Waals surface area contributed by atoms with Gasteiger partial charge < -0.3 is 24.0 Å². The molecule has 362 valence electrons. The van der Waals surface area contributed by atoms with Gasteiger partial charge >= 0.3 is 25.7 Å². The van der Waals surface area contributed by atoms with E-state index >= 15 is 0 Å². The Morgan fingerprint density at radius 1 is 0.475 bits per heavy atom. The van der Waals surface area contributed by atoms with Gasteiger partial charge in [-0.1, -0.05) is 194 Å². The third-order valence-corrected chi connectivity index (χ3v) is 12.7. The van der Waals surface area contributed by atoms with Crippen LogP contribution in [0.25, 0.3) is 0 Å². The van der Waals surface area contributed by atoms with Gasteiger partial charge in [0.15, 0.2) is 6.10 Å². The van der Waals surface area contributed by atoms with Crippen LogP contribution in [0.1, 0.15) is 245 Å². The maximum atomic E-state index is 12.8. The van der Waals surface area contributed by atoms with Gasteiger partial charge in [-0.15, -0.1) is 0 Å². The number of nitrogens with zero attached hydrogens (tertiary/aromatic N) is 1. The lowest BCUT2D eigenvalue weighted by Crippen LogP contribution is -2.43. The van der Waals surface area contributed by atoms with Crippen molar-refractivity contribution in [2.45, 2.75) is 251 Å². The van der Waals surface area contributed by atoms with E-state index in [0.717, 1.165) is 57.9 Å². The smallest absolute Gasteiger partial charge is 0.472 e. The number of quaternary nitrogens is 1. The number of aliphatic carboxylic acids is 1. The summed E-state index contributed by atoms with van der Waals surface area (Å²) in [6.07, 6.45) is 39.0. The summed E-state index contributed by atoms with van der Waals surface area (Å²) in [4.78, 5) is 46.6. The Labute approximate surface area is 374 Å². The van der Waals surface area contributed by atoms with E-state index in [1.165, 1.54) is 148 Å². The van der Waals surface area contributed by atoms with Crippen LogP contribution >= 0.6 is 7.82 Å². The molecule has 0 aromatic carbocycles. The molecule has 0 saturated heterocycles. The lowest BCUT2D eigenvalue weighted by Gasteiger charge is -2.30. The molecule has 0 aliphatic rings. The fraction of sp³-hybridized carbons (Fsp3) is 0.939. The molecular weight excluding hydrogens is 794 g/mol. The van der Waals surface area contributed by atoms with Gasteiger partial charge in [0.2, 0.25) is 0 Å². The van der Waals surface area contributed by atoms with E-state index in [1.54, 1.807) is 0 Å². The van der Waals surface area contributed by atoms with Crippen LogP contribution in [0.4, 0.5) is 0 Å². The molecule has 0 heterocycles. The number of carbonyl (C=O) groups excluding carboxylic acids is 2. The van der Waals surface area contributed by atoms with Gasteiger partial charge in [0, 0.05) is 19.3 Å². The van der Waals surface area contributed by atoms with Crippen molar-refractivity contribution in [3.8, 4) is 0 Å². The van der Waals surface area contributed by atoms with Crippen LogP contribution in [0.5, 0.6) is 0 Å². The van der Waals surface area contributed by atoms with Crippen LogP contribution in [0.3, 0.4) is 0 Å². The average Bonchev–Trinajstić information content (AvgIpc) is 3.21. The molecule has 0 radical (unpaired) electrons. The van der Waals surface area contributed by atoms with Crippen molar-refractivity contribution in [2.24, 2.45) is 0 Å². The first kappa shape index (κ1) is 59.5. The van der Waals surface area contributed by atoms with Crippen LogP contribution in [-0.4, -0.2) is 85.5 Å². The number of ether oxygens (including phenoxy) is 2. The van der Waals surface area contributed by atoms with Gasteiger partial charge in [-0.2, -0.15) is 0 Å². The molecule has 0 bridgehead atoms. The monoisotopic (exact) mass is 891 g/mol. The maximum absolute atomic E-state index is 12.8. The van der Waals surface area contributed by atoms with Crippen LogP contribution < -0.4 is 0 Å². The Morgan fingerprint density at radius 2 is 0.836 bits per heavy atom. The summed E-state index contributed by atoms with van der Waals surface area (Å²) in [5.74, 6) is -1.63. The molecule has 0 saturated carbocycles. The minimum atomic E-state index is -4.48. The van der Waals surface area contributed by atoms with E-state index in [9.17, 15) is 23.8 Å². The summed E-state index contributed by atoms with van der Waals surface area (Å²) in [7, 11) is -0.522. The second kappa shape index (κ2) is 42.4. The van der Waals surface area contributed by atoms with Crippen LogP contribution in [0.15, 0.2) is 0 Å². The first-order valence-corrected chi connectivity index (χ1v) is 26.9. The number of phosphoric ester groups is 1. The number of unbranched alkanes of at least 4 members (excludes halogenated alkanes) is 30. The number of hydrogen-bond acceptors (Lipinski definition) is 8. The third kappa shape index (κ3) is 44.9. The van der Waals surface area contributed by atoms with Gasteiger partial charge in [0.25, 0.3) is 0 Å². The standard InChI is InChI=1S/C49H96NO10P/c1-5-7-9-11-13-15-17-19-21-23-25-27-29-31-35-39-48(53)57-44-46(45-59-61(55,56)58-43-42-50(3,4)41-37-33-34-38-47(51)52)60-49(54)40-36-32-30-28-26-24-22-20-18-16-14-12-10-8-6-2/h46H,5-45H2,1-4H3,(H-,51,52,55,56)/p+1/t46-/m1/s1. The van der Waals surface area contributed by atoms with Crippen LogP contribution in [0, 0.1) is 0 Å². The number of carboxylic acids is 1. The normalized spacial score (nSPS) is 13.3. The Kier molecular flexibility index (Phi) is 41.4. The van der Waals surface area contributed by atoms with Crippen LogP contribution in [0.2, 0.25) is 0 Å². The summed E-state index contributed by atoms with van der Waals surface area (Å²) in [6, 6.07) is 0. The third-order valence-electron chi connectivity index (χ3n) is 11.7. The highest BCUT2D eigenvalue weighted by Gasteiger charge is 2.27. The lowest BCUT2D eigenvalue weighted by molar-refractivity contribution is -0.890. The molecule has 11 nitrogen and oxygen atoms in total. The molecular formula is C49H97NO10P+. The van der Waals surface area contributed by atoms with Crippen molar-refractivity contribution in [1.29, 1.82) is 0 Å². The molecule has 1 unspecified atom stereocenters. The van der Waals surface area contributed by atoms with E-state index in [1.807, 2.05) is 14.1 Å². The molecule has 0 rings (SSSR count). The van der Waals surface area contributed by atoms with Gasteiger partial charge in [-0.05, 0) is 32.1 Å². The molecule has 2 N–H and O–H groups in total. The number of rotatable bonds is 48. The highest BCUT2D eigenvalue weighted by Crippen LogP contribution is 2.43. The molecule has 0 aliphatic heterocycles. The Bertz CT molecular complexity index is 1070. The molecule has 0 aromatic heterocycles. The summed E-state index contributed by atoms with van der Waals surface area (Å²) >= 11 is 0. The van der Waals surface area contributed by atoms with Crippen molar-refractivity contribution >= 4 is 25.7 Å². The Hall–Kier alpha value is -1.52. The number of carbonyl (C=O) groups is 3. The average molecular weight is 891 g/mol. The van der Waals surface area contributed by atoms with E-state index < -0.39 is 32.5 Å². The minimum absolute atomic E-state index is 0.0339. The van der Waals surface area contributed by atoms with Gasteiger partial charge in [0.1, 0.15) is 19.8 Å². The predicted molar refractivity (Wildman–Crippen MR) is 250 cm³/mol. The maximum Gasteiger partial charge on any atom is 0.472 e. The van der Waals surface area contributed by atoms with Crippen LogP contribution in [-0.2, 0) is 37.5 Å². The van der Waals surface area contributed by atoms with E-state index in [0.29, 0.717) is 23.9 Å². The van der Waals surface area contributed by atoms with Crippen molar-refractivity contribution in [3.05, 3.63) is 0 Å². The van der Waals surface area contributed by atoms with E-state index in [2.05, 4.69) is 13.8 Å². The molecule has 12 heteroatoms. The quantitative estimate of drug-likeness (QED) is 0.0262. The van der Waals surface area contributed by atoms with Crippen molar-refractivity contribution < 1.29 is 52.0 Å². The predicted octanol–water partition coefficient (Wildman–Crippen LogP) is 13.8. The summed E-state index contributed by atoms with van der Waals surface area (Å²) in [5, 5.41) is 8.83. The summed E-state index contributed by atoms with van der Waals surface area (Å²) < 4.78 is 34.9. The Morgan fingerprint density at radius 3 is 1.25 bits per heavy atom. The number of esters is 2.